The summed E-state index contributed by atoms with van der Waals surface area (Å²) in [6.07, 6.45) is 3.26. The molecule has 7 heteroatoms. The van der Waals surface area contributed by atoms with Crippen molar-refractivity contribution in [1.82, 2.24) is 9.62 Å². The Kier molecular flexibility index (Phi) is 5.54. The number of hydrogen-bond donors (Lipinski definition) is 3. The SMILES string of the molecule is CCC(CO)(CO)NC1CCN(S(C)(=O)=O)CC1. The first-order valence-corrected chi connectivity index (χ1v) is 8.16. The van der Waals surface area contributed by atoms with Gasteiger partial charge in [-0.05, 0) is 19.3 Å². The molecule has 0 aromatic heterocycles. The molecule has 0 saturated carbocycles. The lowest BCUT2D eigenvalue weighted by Crippen LogP contribution is -2.57. The Morgan fingerprint density at radius 2 is 1.78 bits per heavy atom. The average Bonchev–Trinajstić information content (AvgIpc) is 2.36. The summed E-state index contributed by atoms with van der Waals surface area (Å²) in [5, 5.41) is 22.0. The zero-order valence-corrected chi connectivity index (χ0v) is 11.9. The van der Waals surface area contributed by atoms with E-state index >= 15 is 0 Å². The quantitative estimate of drug-likeness (QED) is 0.589. The van der Waals surface area contributed by atoms with Crippen LogP contribution in [0, 0.1) is 0 Å². The summed E-state index contributed by atoms with van der Waals surface area (Å²) < 4.78 is 24.2. The van der Waals surface area contributed by atoms with Crippen LogP contribution >= 0.6 is 0 Å². The van der Waals surface area contributed by atoms with Crippen LogP contribution in [0.15, 0.2) is 0 Å². The third-order valence-electron chi connectivity index (χ3n) is 3.72. The molecule has 0 bridgehead atoms. The number of sulfonamides is 1. The Morgan fingerprint density at radius 1 is 1.28 bits per heavy atom. The highest BCUT2D eigenvalue weighted by atomic mass is 32.2. The molecule has 0 amide bonds. The molecule has 0 spiro atoms. The zero-order valence-electron chi connectivity index (χ0n) is 11.1. The summed E-state index contributed by atoms with van der Waals surface area (Å²) in [4.78, 5) is 0. The lowest BCUT2D eigenvalue weighted by Gasteiger charge is -2.38. The molecule has 1 aliphatic rings. The van der Waals surface area contributed by atoms with Crippen LogP contribution in [0.25, 0.3) is 0 Å². The maximum absolute atomic E-state index is 11.4. The van der Waals surface area contributed by atoms with Crippen LogP contribution in [-0.4, -0.2) is 67.1 Å². The fraction of sp³-hybridized carbons (Fsp3) is 1.00. The third-order valence-corrected chi connectivity index (χ3v) is 5.02. The first-order valence-electron chi connectivity index (χ1n) is 6.31. The van der Waals surface area contributed by atoms with Crippen molar-refractivity contribution in [3.05, 3.63) is 0 Å². The van der Waals surface area contributed by atoms with E-state index in [1.54, 1.807) is 0 Å². The molecule has 108 valence electrons. The Hall–Kier alpha value is -0.210. The van der Waals surface area contributed by atoms with E-state index in [9.17, 15) is 18.6 Å². The van der Waals surface area contributed by atoms with Gasteiger partial charge < -0.3 is 15.5 Å². The second kappa shape index (κ2) is 6.29. The normalized spacial score (nSPS) is 20.2. The van der Waals surface area contributed by atoms with Crippen molar-refractivity contribution >= 4 is 10.0 Å². The van der Waals surface area contributed by atoms with Crippen LogP contribution in [0.3, 0.4) is 0 Å². The molecule has 0 aliphatic carbocycles. The highest BCUT2D eigenvalue weighted by Gasteiger charge is 2.32. The topological polar surface area (TPSA) is 89.9 Å². The molecule has 0 radical (unpaired) electrons. The van der Waals surface area contributed by atoms with E-state index in [1.165, 1.54) is 10.6 Å². The standard InChI is InChI=1S/C11H24N2O4S/c1-3-11(8-14,9-15)12-10-4-6-13(7-5-10)18(2,16)17/h10,12,14-15H,3-9H2,1-2H3. The van der Waals surface area contributed by atoms with Crippen LogP contribution in [0.5, 0.6) is 0 Å². The van der Waals surface area contributed by atoms with E-state index in [-0.39, 0.29) is 19.3 Å². The second-order valence-electron chi connectivity index (χ2n) is 5.03. The van der Waals surface area contributed by atoms with E-state index in [2.05, 4.69) is 5.32 Å². The van der Waals surface area contributed by atoms with Crippen LogP contribution in [0.1, 0.15) is 26.2 Å². The Morgan fingerprint density at radius 3 is 2.11 bits per heavy atom. The Labute approximate surface area is 109 Å². The van der Waals surface area contributed by atoms with Crippen molar-refractivity contribution in [2.45, 2.75) is 37.8 Å². The van der Waals surface area contributed by atoms with Gasteiger partial charge >= 0.3 is 0 Å². The predicted octanol–water partition coefficient (Wildman–Crippen LogP) is -0.867. The van der Waals surface area contributed by atoms with E-state index < -0.39 is 15.6 Å². The first kappa shape index (κ1) is 15.8. The average molecular weight is 280 g/mol. The van der Waals surface area contributed by atoms with E-state index in [1.807, 2.05) is 6.92 Å². The van der Waals surface area contributed by atoms with E-state index in [0.717, 1.165) is 0 Å². The molecule has 1 heterocycles. The minimum Gasteiger partial charge on any atom is -0.394 e. The number of aliphatic hydroxyl groups is 2. The molecule has 0 aromatic carbocycles. The molecule has 1 fully saturated rings. The van der Waals surface area contributed by atoms with Crippen molar-refractivity contribution in [3.63, 3.8) is 0 Å². The fourth-order valence-corrected chi connectivity index (χ4v) is 3.11. The number of nitrogens with one attached hydrogen (secondary N) is 1. The van der Waals surface area contributed by atoms with Gasteiger partial charge in [0.05, 0.1) is 25.0 Å². The van der Waals surface area contributed by atoms with Gasteiger partial charge in [-0.1, -0.05) is 6.92 Å². The first-order chi connectivity index (χ1) is 8.37. The van der Waals surface area contributed by atoms with Crippen LogP contribution < -0.4 is 5.32 Å². The number of piperidine rings is 1. The molecule has 6 nitrogen and oxygen atoms in total. The molecule has 0 unspecified atom stereocenters. The van der Waals surface area contributed by atoms with Crippen molar-refractivity contribution in [3.8, 4) is 0 Å². The van der Waals surface area contributed by atoms with Crippen molar-refractivity contribution in [2.75, 3.05) is 32.6 Å². The van der Waals surface area contributed by atoms with Gasteiger partial charge in [0.15, 0.2) is 0 Å². The predicted molar refractivity (Wildman–Crippen MR) is 69.8 cm³/mol. The monoisotopic (exact) mass is 280 g/mol. The number of aliphatic hydroxyl groups excluding tert-OH is 2. The van der Waals surface area contributed by atoms with Gasteiger partial charge in [0.25, 0.3) is 0 Å². The van der Waals surface area contributed by atoms with E-state index in [0.29, 0.717) is 32.4 Å². The molecule has 18 heavy (non-hydrogen) atoms. The zero-order chi connectivity index (χ0) is 13.8. The lowest BCUT2D eigenvalue weighted by atomic mass is 9.94. The van der Waals surface area contributed by atoms with Crippen LogP contribution in [-0.2, 0) is 10.0 Å². The molecule has 0 aromatic rings. The van der Waals surface area contributed by atoms with Crippen molar-refractivity contribution in [1.29, 1.82) is 0 Å². The van der Waals surface area contributed by atoms with Gasteiger partial charge in [0, 0.05) is 19.1 Å². The van der Waals surface area contributed by atoms with Crippen LogP contribution in [0.4, 0.5) is 0 Å². The molecular weight excluding hydrogens is 256 g/mol. The second-order valence-corrected chi connectivity index (χ2v) is 7.01. The highest BCUT2D eigenvalue weighted by Crippen LogP contribution is 2.18. The molecule has 1 aliphatic heterocycles. The minimum absolute atomic E-state index is 0.119. The molecule has 1 saturated heterocycles. The van der Waals surface area contributed by atoms with Crippen molar-refractivity contribution < 1.29 is 18.6 Å². The van der Waals surface area contributed by atoms with Gasteiger partial charge in [0.2, 0.25) is 10.0 Å². The van der Waals surface area contributed by atoms with E-state index in [4.69, 9.17) is 0 Å². The third kappa shape index (κ3) is 3.89. The maximum Gasteiger partial charge on any atom is 0.211 e. The molecular formula is C11H24N2O4S. The largest absolute Gasteiger partial charge is 0.394 e. The van der Waals surface area contributed by atoms with Gasteiger partial charge in [-0.3, -0.25) is 0 Å². The number of hydrogen-bond acceptors (Lipinski definition) is 5. The highest BCUT2D eigenvalue weighted by molar-refractivity contribution is 7.88. The Bertz CT molecular complexity index is 338. The molecule has 0 atom stereocenters. The van der Waals surface area contributed by atoms with Crippen LogP contribution in [0.2, 0.25) is 0 Å². The number of nitrogens with zero attached hydrogens (tertiary/aromatic N) is 1. The Balaban J connectivity index is 2.53. The summed E-state index contributed by atoms with van der Waals surface area (Å²) in [6.45, 7) is 2.66. The van der Waals surface area contributed by atoms with Gasteiger partial charge in [-0.2, -0.15) is 0 Å². The molecule has 3 N–H and O–H groups in total. The lowest BCUT2D eigenvalue weighted by molar-refractivity contribution is 0.0703. The number of rotatable bonds is 6. The minimum atomic E-state index is -3.10. The maximum atomic E-state index is 11.4. The summed E-state index contributed by atoms with van der Waals surface area (Å²) in [6, 6.07) is 0.141. The van der Waals surface area contributed by atoms with Gasteiger partial charge in [-0.25, -0.2) is 12.7 Å². The summed E-state index contributed by atoms with van der Waals surface area (Å²) in [5.74, 6) is 0. The smallest absolute Gasteiger partial charge is 0.211 e. The van der Waals surface area contributed by atoms with Gasteiger partial charge in [0.1, 0.15) is 0 Å². The summed E-state index contributed by atoms with van der Waals surface area (Å²) in [5.41, 5.74) is -0.655. The van der Waals surface area contributed by atoms with Gasteiger partial charge in [-0.15, -0.1) is 0 Å². The fourth-order valence-electron chi connectivity index (χ4n) is 2.23. The summed E-state index contributed by atoms with van der Waals surface area (Å²) in [7, 11) is -3.10. The molecule has 1 rings (SSSR count). The van der Waals surface area contributed by atoms with Crippen molar-refractivity contribution in [2.24, 2.45) is 0 Å². The summed E-state index contributed by atoms with van der Waals surface area (Å²) >= 11 is 0.